The highest BCUT2D eigenvalue weighted by Gasteiger charge is 2.08. The molecule has 0 spiro atoms. The number of rotatable bonds is 3. The summed E-state index contributed by atoms with van der Waals surface area (Å²) in [6.07, 6.45) is 2.25. The molecule has 0 radical (unpaired) electrons. The second-order valence-corrected chi connectivity index (χ2v) is 3.89. The monoisotopic (exact) mass is 249 g/mol. The van der Waals surface area contributed by atoms with Gasteiger partial charge >= 0.3 is 0 Å². The van der Waals surface area contributed by atoms with E-state index < -0.39 is 0 Å². The molecule has 0 unspecified atom stereocenters. The summed E-state index contributed by atoms with van der Waals surface area (Å²) in [7, 11) is 1.64. The number of benzene rings is 1. The molecule has 2 N–H and O–H groups in total. The number of nitrogen functional groups attached to an aromatic ring is 1. The van der Waals surface area contributed by atoms with Crippen molar-refractivity contribution in [3.8, 4) is 5.75 Å². The van der Waals surface area contributed by atoms with E-state index in [1.165, 1.54) is 0 Å². The standard InChI is InChI=1S/C12H12ClN3O/c1-17-10-5-3-2-4-8(10)6-9-7-15-12(14)16-11(9)13/h2-5,7H,6H2,1H3,(H2,14,15,16). The molecule has 1 aromatic heterocycles. The van der Waals surface area contributed by atoms with Crippen molar-refractivity contribution in [1.82, 2.24) is 9.97 Å². The molecule has 0 aliphatic carbocycles. The van der Waals surface area contributed by atoms with Crippen molar-refractivity contribution in [2.75, 3.05) is 12.8 Å². The fourth-order valence-electron chi connectivity index (χ4n) is 1.57. The van der Waals surface area contributed by atoms with Crippen LogP contribution in [0.1, 0.15) is 11.1 Å². The molecule has 0 aliphatic rings. The molecule has 1 aromatic carbocycles. The Morgan fingerprint density at radius 1 is 1.29 bits per heavy atom. The van der Waals surface area contributed by atoms with Gasteiger partial charge in [-0.2, -0.15) is 0 Å². The van der Waals surface area contributed by atoms with Gasteiger partial charge in [0.1, 0.15) is 10.9 Å². The topological polar surface area (TPSA) is 61.0 Å². The predicted molar refractivity (Wildman–Crippen MR) is 67.3 cm³/mol. The minimum atomic E-state index is 0.179. The molecule has 88 valence electrons. The number of halogens is 1. The maximum Gasteiger partial charge on any atom is 0.221 e. The van der Waals surface area contributed by atoms with Gasteiger partial charge < -0.3 is 10.5 Å². The summed E-state index contributed by atoms with van der Waals surface area (Å²) in [5.74, 6) is 0.999. The maximum atomic E-state index is 6.00. The van der Waals surface area contributed by atoms with Crippen LogP contribution in [0.2, 0.25) is 5.15 Å². The Balaban J connectivity index is 2.31. The first-order valence-corrected chi connectivity index (χ1v) is 5.47. The van der Waals surface area contributed by atoms with Crippen molar-refractivity contribution in [3.05, 3.63) is 46.7 Å². The van der Waals surface area contributed by atoms with Gasteiger partial charge in [-0.15, -0.1) is 0 Å². The Morgan fingerprint density at radius 3 is 2.76 bits per heavy atom. The zero-order valence-electron chi connectivity index (χ0n) is 9.35. The summed E-state index contributed by atoms with van der Waals surface area (Å²) in [5.41, 5.74) is 7.30. The average Bonchev–Trinajstić information content (AvgIpc) is 2.33. The van der Waals surface area contributed by atoms with Crippen LogP contribution in [0.25, 0.3) is 0 Å². The number of nitrogens with two attached hydrogens (primary N) is 1. The van der Waals surface area contributed by atoms with Crippen LogP contribution in [-0.4, -0.2) is 17.1 Å². The number of anilines is 1. The Labute approximate surface area is 104 Å². The van der Waals surface area contributed by atoms with Gasteiger partial charge in [0.15, 0.2) is 0 Å². The largest absolute Gasteiger partial charge is 0.496 e. The Bertz CT molecular complexity index is 531. The molecule has 17 heavy (non-hydrogen) atoms. The third-order valence-electron chi connectivity index (χ3n) is 2.40. The summed E-state index contributed by atoms with van der Waals surface area (Å²) in [5, 5.41) is 0.378. The third kappa shape index (κ3) is 2.65. The molecule has 0 bridgehead atoms. The van der Waals surface area contributed by atoms with Crippen LogP contribution in [0.4, 0.5) is 5.95 Å². The molecule has 1 heterocycles. The smallest absolute Gasteiger partial charge is 0.221 e. The van der Waals surface area contributed by atoms with Gasteiger partial charge in [0.2, 0.25) is 5.95 Å². The fraction of sp³-hybridized carbons (Fsp3) is 0.167. The summed E-state index contributed by atoms with van der Waals surface area (Å²) < 4.78 is 5.27. The molecular formula is C12H12ClN3O. The van der Waals surface area contributed by atoms with E-state index in [1.54, 1.807) is 13.3 Å². The average molecular weight is 250 g/mol. The fourth-order valence-corrected chi connectivity index (χ4v) is 1.77. The number of ether oxygens (including phenoxy) is 1. The van der Waals surface area contributed by atoms with E-state index in [1.807, 2.05) is 24.3 Å². The van der Waals surface area contributed by atoms with E-state index in [2.05, 4.69) is 9.97 Å². The van der Waals surface area contributed by atoms with Crippen molar-refractivity contribution in [2.24, 2.45) is 0 Å². The van der Waals surface area contributed by atoms with Crippen LogP contribution >= 0.6 is 11.6 Å². The predicted octanol–water partition coefficient (Wildman–Crippen LogP) is 2.31. The van der Waals surface area contributed by atoms with E-state index in [4.69, 9.17) is 22.1 Å². The molecule has 2 aromatic rings. The lowest BCUT2D eigenvalue weighted by Crippen LogP contribution is -2.00. The second kappa shape index (κ2) is 5.01. The third-order valence-corrected chi connectivity index (χ3v) is 2.73. The molecule has 0 saturated carbocycles. The highest BCUT2D eigenvalue weighted by Crippen LogP contribution is 2.23. The number of hydrogen-bond donors (Lipinski definition) is 1. The lowest BCUT2D eigenvalue weighted by Gasteiger charge is -2.08. The van der Waals surface area contributed by atoms with Gasteiger partial charge in [0.25, 0.3) is 0 Å². The van der Waals surface area contributed by atoms with Crippen LogP contribution in [0.5, 0.6) is 5.75 Å². The molecule has 0 saturated heterocycles. The first-order valence-electron chi connectivity index (χ1n) is 5.09. The van der Waals surface area contributed by atoms with Gasteiger partial charge in [-0.3, -0.25) is 0 Å². The summed E-state index contributed by atoms with van der Waals surface area (Å²) >= 11 is 6.00. The van der Waals surface area contributed by atoms with Crippen LogP contribution < -0.4 is 10.5 Å². The van der Waals surface area contributed by atoms with E-state index in [9.17, 15) is 0 Å². The molecule has 4 nitrogen and oxygen atoms in total. The van der Waals surface area contributed by atoms with Crippen molar-refractivity contribution in [1.29, 1.82) is 0 Å². The normalized spacial score (nSPS) is 10.2. The Hall–Kier alpha value is -1.81. The summed E-state index contributed by atoms with van der Waals surface area (Å²) in [6.45, 7) is 0. The van der Waals surface area contributed by atoms with Crippen molar-refractivity contribution < 1.29 is 4.74 Å². The quantitative estimate of drug-likeness (QED) is 0.848. The van der Waals surface area contributed by atoms with Gasteiger partial charge in [-0.05, 0) is 11.6 Å². The van der Waals surface area contributed by atoms with E-state index >= 15 is 0 Å². The number of methoxy groups -OCH3 is 1. The van der Waals surface area contributed by atoms with Gasteiger partial charge in [-0.1, -0.05) is 29.8 Å². The highest BCUT2D eigenvalue weighted by atomic mass is 35.5. The van der Waals surface area contributed by atoms with Crippen molar-refractivity contribution >= 4 is 17.5 Å². The lowest BCUT2D eigenvalue weighted by atomic mass is 10.1. The number of hydrogen-bond acceptors (Lipinski definition) is 4. The minimum Gasteiger partial charge on any atom is -0.496 e. The minimum absolute atomic E-state index is 0.179. The maximum absolute atomic E-state index is 6.00. The molecule has 0 atom stereocenters. The van der Waals surface area contributed by atoms with E-state index in [0.717, 1.165) is 16.9 Å². The molecule has 2 rings (SSSR count). The first-order chi connectivity index (χ1) is 8.20. The SMILES string of the molecule is COc1ccccc1Cc1cnc(N)nc1Cl. The Morgan fingerprint density at radius 2 is 2.06 bits per heavy atom. The van der Waals surface area contributed by atoms with Crippen molar-refractivity contribution in [2.45, 2.75) is 6.42 Å². The molecule has 0 amide bonds. The number of aromatic nitrogens is 2. The highest BCUT2D eigenvalue weighted by molar-refractivity contribution is 6.30. The van der Waals surface area contributed by atoms with Gasteiger partial charge in [0.05, 0.1) is 7.11 Å². The van der Waals surface area contributed by atoms with Gasteiger partial charge in [0, 0.05) is 18.2 Å². The van der Waals surface area contributed by atoms with Crippen molar-refractivity contribution in [3.63, 3.8) is 0 Å². The van der Waals surface area contributed by atoms with Crippen LogP contribution in [0.15, 0.2) is 30.5 Å². The molecular weight excluding hydrogens is 238 g/mol. The molecule has 0 fully saturated rings. The van der Waals surface area contributed by atoms with Crippen LogP contribution in [-0.2, 0) is 6.42 Å². The first kappa shape index (κ1) is 11.7. The zero-order chi connectivity index (χ0) is 12.3. The number of para-hydroxylation sites is 1. The van der Waals surface area contributed by atoms with E-state index in [-0.39, 0.29) is 5.95 Å². The second-order valence-electron chi connectivity index (χ2n) is 3.53. The van der Waals surface area contributed by atoms with Crippen LogP contribution in [0, 0.1) is 0 Å². The summed E-state index contributed by atoms with van der Waals surface area (Å²) in [6, 6.07) is 7.75. The van der Waals surface area contributed by atoms with E-state index in [0.29, 0.717) is 11.6 Å². The van der Waals surface area contributed by atoms with Crippen LogP contribution in [0.3, 0.4) is 0 Å². The summed E-state index contributed by atoms with van der Waals surface area (Å²) in [4.78, 5) is 7.85. The molecule has 0 aliphatic heterocycles. The van der Waals surface area contributed by atoms with Gasteiger partial charge in [-0.25, -0.2) is 9.97 Å². The lowest BCUT2D eigenvalue weighted by molar-refractivity contribution is 0.410. The number of nitrogens with zero attached hydrogens (tertiary/aromatic N) is 2. The molecule has 5 heteroatoms. The zero-order valence-corrected chi connectivity index (χ0v) is 10.1. The Kier molecular flexibility index (Phi) is 3.44.